The Morgan fingerprint density at radius 3 is 2.36 bits per heavy atom. The van der Waals surface area contributed by atoms with Crippen LogP contribution in [0.5, 0.6) is 0 Å². The molecule has 134 valence electrons. The standard InChI is InChI=1S/C19H24N2O4/c1-7-15-16(13(5)25-21-15)19(23)24-14(6)18(22)20-17-11(3)8-10(2)9-12(17)4/h8-9,14H,7H2,1-6H3,(H,20,22). The number of rotatable bonds is 5. The molecule has 2 rings (SSSR count). The fourth-order valence-electron chi connectivity index (χ4n) is 2.80. The predicted octanol–water partition coefficient (Wildman–Crippen LogP) is 3.65. The lowest BCUT2D eigenvalue weighted by Gasteiger charge is -2.17. The van der Waals surface area contributed by atoms with Gasteiger partial charge in [-0.15, -0.1) is 0 Å². The summed E-state index contributed by atoms with van der Waals surface area (Å²) in [6.45, 7) is 10.9. The summed E-state index contributed by atoms with van der Waals surface area (Å²) in [5.74, 6) is -0.592. The van der Waals surface area contributed by atoms with Crippen molar-refractivity contribution in [3.8, 4) is 0 Å². The summed E-state index contributed by atoms with van der Waals surface area (Å²) >= 11 is 0. The molecule has 1 N–H and O–H groups in total. The lowest BCUT2D eigenvalue weighted by atomic mass is 10.0. The molecule has 1 atom stereocenters. The predicted molar refractivity (Wildman–Crippen MR) is 94.8 cm³/mol. The van der Waals surface area contributed by atoms with Crippen LogP contribution in [0.15, 0.2) is 16.7 Å². The molecule has 0 aliphatic rings. The van der Waals surface area contributed by atoms with Gasteiger partial charge in [-0.05, 0) is 52.2 Å². The van der Waals surface area contributed by atoms with Gasteiger partial charge in [-0.2, -0.15) is 0 Å². The summed E-state index contributed by atoms with van der Waals surface area (Å²) in [7, 11) is 0. The number of carbonyl (C=O) groups is 2. The zero-order chi connectivity index (χ0) is 18.7. The number of hydrogen-bond donors (Lipinski definition) is 1. The Balaban J connectivity index is 2.11. The molecule has 0 saturated carbocycles. The highest BCUT2D eigenvalue weighted by Gasteiger charge is 2.25. The number of benzene rings is 1. The van der Waals surface area contributed by atoms with E-state index in [1.165, 1.54) is 0 Å². The van der Waals surface area contributed by atoms with E-state index >= 15 is 0 Å². The Hall–Kier alpha value is -2.63. The van der Waals surface area contributed by atoms with Gasteiger partial charge in [0.2, 0.25) is 0 Å². The molecule has 0 aliphatic heterocycles. The second-order valence-electron chi connectivity index (χ2n) is 6.22. The number of amides is 1. The Kier molecular flexibility index (Phi) is 5.62. The smallest absolute Gasteiger partial charge is 0.344 e. The van der Waals surface area contributed by atoms with E-state index in [2.05, 4.69) is 10.5 Å². The average Bonchev–Trinajstić information content (AvgIpc) is 2.91. The van der Waals surface area contributed by atoms with E-state index in [9.17, 15) is 9.59 Å². The highest BCUT2D eigenvalue weighted by Crippen LogP contribution is 2.22. The van der Waals surface area contributed by atoms with Crippen LogP contribution in [-0.2, 0) is 16.0 Å². The van der Waals surface area contributed by atoms with Crippen LogP contribution in [0, 0.1) is 27.7 Å². The van der Waals surface area contributed by atoms with E-state index in [4.69, 9.17) is 9.26 Å². The van der Waals surface area contributed by atoms with Crippen molar-refractivity contribution in [1.29, 1.82) is 0 Å². The van der Waals surface area contributed by atoms with Crippen molar-refractivity contribution < 1.29 is 18.8 Å². The third-order valence-corrected chi connectivity index (χ3v) is 4.05. The van der Waals surface area contributed by atoms with Crippen LogP contribution in [0.3, 0.4) is 0 Å². The number of ether oxygens (including phenoxy) is 1. The third-order valence-electron chi connectivity index (χ3n) is 4.05. The van der Waals surface area contributed by atoms with Crippen LogP contribution in [0.25, 0.3) is 0 Å². The summed E-state index contributed by atoms with van der Waals surface area (Å²) < 4.78 is 10.3. The first kappa shape index (κ1) is 18.7. The first-order valence-electron chi connectivity index (χ1n) is 8.29. The number of nitrogens with one attached hydrogen (secondary N) is 1. The molecule has 25 heavy (non-hydrogen) atoms. The minimum Gasteiger partial charge on any atom is -0.449 e. The van der Waals surface area contributed by atoms with Crippen molar-refractivity contribution in [3.05, 3.63) is 45.8 Å². The largest absolute Gasteiger partial charge is 0.449 e. The second-order valence-corrected chi connectivity index (χ2v) is 6.22. The van der Waals surface area contributed by atoms with Crippen molar-refractivity contribution in [1.82, 2.24) is 5.16 Å². The van der Waals surface area contributed by atoms with Crippen LogP contribution >= 0.6 is 0 Å². The lowest BCUT2D eigenvalue weighted by molar-refractivity contribution is -0.123. The van der Waals surface area contributed by atoms with Crippen molar-refractivity contribution in [3.63, 3.8) is 0 Å². The van der Waals surface area contributed by atoms with Crippen molar-refractivity contribution in [2.24, 2.45) is 0 Å². The molecule has 0 radical (unpaired) electrons. The monoisotopic (exact) mass is 344 g/mol. The fraction of sp³-hybridized carbons (Fsp3) is 0.421. The molecule has 1 aromatic carbocycles. The summed E-state index contributed by atoms with van der Waals surface area (Å²) in [6, 6.07) is 3.99. The Morgan fingerprint density at radius 2 is 1.80 bits per heavy atom. The van der Waals surface area contributed by atoms with E-state index in [0.29, 0.717) is 23.4 Å². The molecule has 1 aromatic heterocycles. The topological polar surface area (TPSA) is 81.4 Å². The highest BCUT2D eigenvalue weighted by atomic mass is 16.5. The maximum absolute atomic E-state index is 12.4. The van der Waals surface area contributed by atoms with Crippen LogP contribution in [0.1, 0.15) is 52.3 Å². The molecule has 0 fully saturated rings. The van der Waals surface area contributed by atoms with Gasteiger partial charge in [-0.3, -0.25) is 4.79 Å². The van der Waals surface area contributed by atoms with E-state index in [-0.39, 0.29) is 5.91 Å². The molecule has 1 heterocycles. The van der Waals surface area contributed by atoms with Crippen molar-refractivity contribution >= 4 is 17.6 Å². The molecule has 2 aromatic rings. The third kappa shape index (κ3) is 4.07. The van der Waals surface area contributed by atoms with E-state index < -0.39 is 12.1 Å². The number of carbonyl (C=O) groups excluding carboxylic acids is 2. The molecule has 1 amide bonds. The zero-order valence-electron chi connectivity index (χ0n) is 15.5. The van der Waals surface area contributed by atoms with Gasteiger partial charge in [0.05, 0.1) is 5.69 Å². The van der Waals surface area contributed by atoms with E-state index in [1.807, 2.05) is 39.8 Å². The average molecular weight is 344 g/mol. The Labute approximate surface area is 147 Å². The maximum atomic E-state index is 12.4. The van der Waals surface area contributed by atoms with Crippen LogP contribution < -0.4 is 5.32 Å². The fourth-order valence-corrected chi connectivity index (χ4v) is 2.80. The van der Waals surface area contributed by atoms with Gasteiger partial charge in [0.1, 0.15) is 11.3 Å². The molecular formula is C19H24N2O4. The van der Waals surface area contributed by atoms with Gasteiger partial charge >= 0.3 is 5.97 Å². The second kappa shape index (κ2) is 7.51. The van der Waals surface area contributed by atoms with Gasteiger partial charge < -0.3 is 14.6 Å². The molecule has 6 nitrogen and oxygen atoms in total. The van der Waals surface area contributed by atoms with Crippen LogP contribution in [0.4, 0.5) is 5.69 Å². The minimum atomic E-state index is -0.938. The van der Waals surface area contributed by atoms with Gasteiger partial charge in [-0.1, -0.05) is 29.8 Å². The number of anilines is 1. The molecule has 0 bridgehead atoms. The van der Waals surface area contributed by atoms with Gasteiger partial charge in [0, 0.05) is 5.69 Å². The maximum Gasteiger partial charge on any atom is 0.344 e. The summed E-state index contributed by atoms with van der Waals surface area (Å²) in [4.78, 5) is 24.8. The number of nitrogens with zero attached hydrogens (tertiary/aromatic N) is 1. The SMILES string of the molecule is CCc1noc(C)c1C(=O)OC(C)C(=O)Nc1c(C)cc(C)cc1C. The van der Waals surface area contributed by atoms with E-state index in [0.717, 1.165) is 22.4 Å². The van der Waals surface area contributed by atoms with Crippen molar-refractivity contribution in [2.45, 2.75) is 54.1 Å². The van der Waals surface area contributed by atoms with Gasteiger partial charge in [0.25, 0.3) is 5.91 Å². The number of esters is 1. The zero-order valence-corrected chi connectivity index (χ0v) is 15.5. The quantitative estimate of drug-likeness (QED) is 0.837. The number of hydrogen-bond acceptors (Lipinski definition) is 5. The minimum absolute atomic E-state index is 0.296. The first-order valence-corrected chi connectivity index (χ1v) is 8.29. The highest BCUT2D eigenvalue weighted by molar-refractivity contribution is 5.98. The van der Waals surface area contributed by atoms with Crippen LogP contribution in [-0.4, -0.2) is 23.1 Å². The number of aromatic nitrogens is 1. The Morgan fingerprint density at radius 1 is 1.20 bits per heavy atom. The summed E-state index contributed by atoms with van der Waals surface area (Å²) in [5.41, 5.74) is 4.63. The van der Waals surface area contributed by atoms with E-state index in [1.54, 1.807) is 13.8 Å². The first-order chi connectivity index (χ1) is 11.7. The molecule has 0 saturated heterocycles. The summed E-state index contributed by atoms with van der Waals surface area (Å²) in [5, 5.41) is 6.67. The molecule has 1 unspecified atom stereocenters. The normalized spacial score (nSPS) is 11.9. The van der Waals surface area contributed by atoms with Gasteiger partial charge in [0.15, 0.2) is 6.10 Å². The lowest BCUT2D eigenvalue weighted by Crippen LogP contribution is -2.30. The Bertz CT molecular complexity index is 785. The van der Waals surface area contributed by atoms with Gasteiger partial charge in [-0.25, -0.2) is 4.79 Å². The summed E-state index contributed by atoms with van der Waals surface area (Å²) in [6.07, 6.45) is -0.393. The number of aryl methyl sites for hydroxylation is 5. The molecule has 0 aliphatic carbocycles. The molecular weight excluding hydrogens is 320 g/mol. The van der Waals surface area contributed by atoms with Crippen molar-refractivity contribution in [2.75, 3.05) is 5.32 Å². The molecule has 6 heteroatoms. The van der Waals surface area contributed by atoms with Crippen LogP contribution in [0.2, 0.25) is 0 Å². The molecule has 0 spiro atoms.